The number of hydrogen-bond acceptors (Lipinski definition) is 4. The van der Waals surface area contributed by atoms with Crippen molar-refractivity contribution in [2.24, 2.45) is 16.7 Å². The van der Waals surface area contributed by atoms with E-state index in [4.69, 9.17) is 11.6 Å². The molecule has 9 heteroatoms. The van der Waals surface area contributed by atoms with Gasteiger partial charge in [0.2, 0.25) is 5.96 Å². The molecular weight excluding hydrogens is 390 g/mol. The van der Waals surface area contributed by atoms with Crippen molar-refractivity contribution in [1.29, 1.82) is 0 Å². The maximum Gasteiger partial charge on any atom is 0.261 e. The smallest absolute Gasteiger partial charge is 0.261 e. The molecule has 0 saturated carbocycles. The van der Waals surface area contributed by atoms with E-state index in [1.54, 1.807) is 19.2 Å². The molecule has 0 radical (unpaired) electrons. The lowest BCUT2D eigenvalue weighted by atomic mass is 9.95. The third-order valence-electron chi connectivity index (χ3n) is 4.89. The maximum atomic E-state index is 13.8. The van der Waals surface area contributed by atoms with Crippen molar-refractivity contribution >= 4 is 23.1 Å². The Bertz CT molecular complexity index is 981. The molecule has 1 heterocycles. The summed E-state index contributed by atoms with van der Waals surface area (Å²) in [4.78, 5) is 14.2. The van der Waals surface area contributed by atoms with Crippen molar-refractivity contribution in [2.75, 3.05) is 25.5 Å². The Kier molecular flexibility index (Phi) is 6.31. The first-order valence-corrected chi connectivity index (χ1v) is 9.38. The molecule has 7 nitrogen and oxygen atoms in total. The van der Waals surface area contributed by atoms with Gasteiger partial charge in [-0.2, -0.15) is 0 Å². The second-order valence-electron chi connectivity index (χ2n) is 7.09. The number of hydrazone groups is 1. The first kappa shape index (κ1) is 21.3. The molecule has 158 valence electrons. The number of benzene rings is 2. The molecule has 0 saturated heterocycles. The van der Waals surface area contributed by atoms with Crippen LogP contribution in [0.4, 0.5) is 14.5 Å². The van der Waals surface area contributed by atoms with Crippen LogP contribution in [0.25, 0.3) is 5.57 Å². The van der Waals surface area contributed by atoms with E-state index in [1.165, 1.54) is 11.6 Å². The van der Waals surface area contributed by atoms with E-state index in [9.17, 15) is 13.6 Å². The summed E-state index contributed by atoms with van der Waals surface area (Å²) in [6, 6.07) is 10.4. The Balaban J connectivity index is 1.76. The van der Waals surface area contributed by atoms with Crippen LogP contribution < -0.4 is 16.9 Å². The summed E-state index contributed by atoms with van der Waals surface area (Å²) >= 11 is 0. The Hall–Kier alpha value is -3.46. The van der Waals surface area contributed by atoms with Crippen molar-refractivity contribution in [2.45, 2.75) is 13.3 Å². The average molecular weight is 414 g/mol. The molecule has 5 N–H and O–H groups in total. The molecule has 1 aliphatic heterocycles. The minimum Gasteiger partial charge on any atom is -0.368 e. The fourth-order valence-corrected chi connectivity index (χ4v) is 3.28. The molecule has 1 aliphatic rings. The van der Waals surface area contributed by atoms with Crippen LogP contribution in [0.2, 0.25) is 0 Å². The monoisotopic (exact) mass is 414 g/mol. The summed E-state index contributed by atoms with van der Waals surface area (Å²) < 4.78 is 27.6. The quantitative estimate of drug-likeness (QED) is 0.309. The van der Waals surface area contributed by atoms with Crippen LogP contribution in [0, 0.1) is 11.6 Å². The molecule has 30 heavy (non-hydrogen) atoms. The van der Waals surface area contributed by atoms with E-state index in [-0.39, 0.29) is 0 Å². The number of guanidine groups is 1. The van der Waals surface area contributed by atoms with Gasteiger partial charge in [-0.25, -0.2) is 19.7 Å². The fraction of sp³-hybridized carbons (Fsp3) is 0.238. The van der Waals surface area contributed by atoms with Crippen LogP contribution in [-0.4, -0.2) is 42.0 Å². The zero-order valence-corrected chi connectivity index (χ0v) is 16.8. The van der Waals surface area contributed by atoms with Crippen LogP contribution in [0.3, 0.4) is 0 Å². The van der Waals surface area contributed by atoms with Crippen LogP contribution in [0.1, 0.15) is 29.3 Å². The van der Waals surface area contributed by atoms with E-state index in [0.29, 0.717) is 18.2 Å². The second-order valence-corrected chi connectivity index (χ2v) is 7.09. The summed E-state index contributed by atoms with van der Waals surface area (Å²) in [7, 11) is 1.60. The second kappa shape index (κ2) is 8.91. The number of nitrogens with two attached hydrogens (primary N) is 2. The van der Waals surface area contributed by atoms with Gasteiger partial charge in [-0.15, -0.1) is 5.10 Å². The van der Waals surface area contributed by atoms with E-state index in [2.05, 4.69) is 17.3 Å². The van der Waals surface area contributed by atoms with Crippen LogP contribution >= 0.6 is 0 Å². The largest absolute Gasteiger partial charge is 0.368 e. The average Bonchev–Trinajstić information content (AvgIpc) is 2.68. The normalized spacial score (nSPS) is 14.7. The number of hydrogen-bond donors (Lipinski definition) is 3. The number of amides is 1. The van der Waals surface area contributed by atoms with Gasteiger partial charge in [0, 0.05) is 25.8 Å². The van der Waals surface area contributed by atoms with Gasteiger partial charge in [0.05, 0.1) is 0 Å². The molecule has 0 aliphatic carbocycles. The first-order valence-electron chi connectivity index (χ1n) is 9.38. The summed E-state index contributed by atoms with van der Waals surface area (Å²) in [5.74, 6) is 3.21. The predicted octanol–water partition coefficient (Wildman–Crippen LogP) is 2.73. The first-order chi connectivity index (χ1) is 14.3. The zero-order valence-electron chi connectivity index (χ0n) is 16.8. The highest BCUT2D eigenvalue weighted by Gasteiger charge is 2.20. The summed E-state index contributed by atoms with van der Waals surface area (Å²) in [6.45, 7) is 3.37. The van der Waals surface area contributed by atoms with Crippen molar-refractivity contribution in [3.8, 4) is 0 Å². The van der Waals surface area contributed by atoms with Gasteiger partial charge in [-0.1, -0.05) is 23.8 Å². The van der Waals surface area contributed by atoms with E-state index >= 15 is 0 Å². The van der Waals surface area contributed by atoms with Gasteiger partial charge in [-0.3, -0.25) is 4.79 Å². The van der Waals surface area contributed by atoms with E-state index in [0.717, 1.165) is 41.4 Å². The SMILES string of the molecule is CC1=C(c2ccc(NC(=O)c3c(F)cccc3F)cc2)CN(/C(N)=N/N(C)N)CC1. The minimum atomic E-state index is -0.908. The molecule has 3 rings (SSSR count). The zero-order chi connectivity index (χ0) is 21.8. The lowest BCUT2D eigenvalue weighted by Gasteiger charge is -2.31. The molecule has 1 amide bonds. The Morgan fingerprint density at radius 1 is 1.17 bits per heavy atom. The Morgan fingerprint density at radius 3 is 2.40 bits per heavy atom. The van der Waals surface area contributed by atoms with E-state index in [1.807, 2.05) is 17.0 Å². The predicted molar refractivity (Wildman–Crippen MR) is 113 cm³/mol. The summed E-state index contributed by atoms with van der Waals surface area (Å²) in [5.41, 5.74) is 9.12. The fourth-order valence-electron chi connectivity index (χ4n) is 3.28. The highest BCUT2D eigenvalue weighted by molar-refractivity contribution is 6.04. The van der Waals surface area contributed by atoms with Gasteiger partial charge in [0.25, 0.3) is 5.91 Å². The lowest BCUT2D eigenvalue weighted by molar-refractivity contribution is 0.101. The third kappa shape index (κ3) is 4.74. The van der Waals surface area contributed by atoms with Crippen LogP contribution in [-0.2, 0) is 0 Å². The maximum absolute atomic E-state index is 13.8. The summed E-state index contributed by atoms with van der Waals surface area (Å²) in [5, 5.41) is 7.73. The Morgan fingerprint density at radius 2 is 1.80 bits per heavy atom. The molecule has 0 unspecified atom stereocenters. The number of hydrazine groups is 1. The molecule has 0 spiro atoms. The van der Waals surface area contributed by atoms with Crippen molar-refractivity contribution in [1.82, 2.24) is 10.0 Å². The number of rotatable bonds is 4. The number of carbonyl (C=O) groups excluding carboxylic acids is 1. The third-order valence-corrected chi connectivity index (χ3v) is 4.89. The molecule has 0 aromatic heterocycles. The van der Waals surface area contributed by atoms with Crippen LogP contribution in [0.15, 0.2) is 53.1 Å². The van der Waals surface area contributed by atoms with Crippen LogP contribution in [0.5, 0.6) is 0 Å². The number of nitrogens with one attached hydrogen (secondary N) is 1. The van der Waals surface area contributed by atoms with Gasteiger partial charge in [0.1, 0.15) is 17.2 Å². The number of halogens is 2. The molecular formula is C21H24F2N6O. The topological polar surface area (TPSA) is 100.0 Å². The molecule has 0 bridgehead atoms. The molecule has 0 fully saturated rings. The highest BCUT2D eigenvalue weighted by Crippen LogP contribution is 2.27. The number of nitrogens with zero attached hydrogens (tertiary/aromatic N) is 3. The molecule has 2 aromatic carbocycles. The standard InChI is InChI=1S/C21H24F2N6O/c1-13-10-11-29(21(24)27-28(2)25)12-16(13)14-6-8-15(9-7-14)26-20(30)19-17(22)4-3-5-18(19)23/h3-9H,10-12,25H2,1-2H3,(H2,24,27)(H,26,30). The van der Waals surface area contributed by atoms with Gasteiger partial charge < -0.3 is 16.0 Å². The summed E-state index contributed by atoms with van der Waals surface area (Å²) in [6.07, 6.45) is 0.824. The Labute approximate surface area is 173 Å². The van der Waals surface area contributed by atoms with Crippen molar-refractivity contribution in [3.63, 3.8) is 0 Å². The minimum absolute atomic E-state index is 0.334. The molecule has 2 aromatic rings. The number of anilines is 1. The van der Waals surface area contributed by atoms with Gasteiger partial charge >= 0.3 is 0 Å². The lowest BCUT2D eigenvalue weighted by Crippen LogP contribution is -2.43. The number of carbonyl (C=O) groups is 1. The van der Waals surface area contributed by atoms with Gasteiger partial charge in [0.15, 0.2) is 0 Å². The van der Waals surface area contributed by atoms with E-state index < -0.39 is 23.1 Å². The van der Waals surface area contributed by atoms with Gasteiger partial charge in [-0.05, 0) is 48.7 Å². The highest BCUT2D eigenvalue weighted by atomic mass is 19.1. The van der Waals surface area contributed by atoms with Crippen molar-refractivity contribution in [3.05, 3.63) is 70.8 Å². The molecule has 0 atom stereocenters. The van der Waals surface area contributed by atoms with Crippen molar-refractivity contribution < 1.29 is 13.6 Å².